The van der Waals surface area contributed by atoms with Crippen LogP contribution in [0, 0.1) is 0 Å². The Bertz CT molecular complexity index is 999. The number of aryl methyl sites for hydroxylation is 1. The monoisotopic (exact) mass is 386 g/mol. The summed E-state index contributed by atoms with van der Waals surface area (Å²) in [6.07, 6.45) is 1.09. The van der Waals surface area contributed by atoms with E-state index in [9.17, 15) is 9.59 Å². The van der Waals surface area contributed by atoms with Crippen molar-refractivity contribution in [3.8, 4) is 11.5 Å². The lowest BCUT2D eigenvalue weighted by Crippen LogP contribution is -2.34. The van der Waals surface area contributed by atoms with E-state index >= 15 is 0 Å². The number of anilines is 2. The van der Waals surface area contributed by atoms with Crippen LogP contribution < -0.4 is 15.0 Å². The van der Waals surface area contributed by atoms with Gasteiger partial charge in [-0.1, -0.05) is 37.3 Å². The normalized spacial score (nSPS) is 16.2. The zero-order valence-electron chi connectivity index (χ0n) is 16.2. The average molecular weight is 386 g/mol. The van der Waals surface area contributed by atoms with Gasteiger partial charge in [0.15, 0.2) is 0 Å². The van der Waals surface area contributed by atoms with E-state index in [1.807, 2.05) is 54.6 Å². The maximum absolute atomic E-state index is 12.8. The molecule has 0 aromatic heterocycles. The lowest BCUT2D eigenvalue weighted by atomic mass is 10.1. The quantitative estimate of drug-likeness (QED) is 0.619. The van der Waals surface area contributed by atoms with E-state index < -0.39 is 6.04 Å². The van der Waals surface area contributed by atoms with Gasteiger partial charge in [0.25, 0.3) is 5.91 Å². The van der Waals surface area contributed by atoms with Crippen molar-refractivity contribution in [2.45, 2.75) is 25.8 Å². The van der Waals surface area contributed by atoms with Crippen molar-refractivity contribution >= 4 is 23.2 Å². The zero-order valence-corrected chi connectivity index (χ0v) is 16.2. The van der Waals surface area contributed by atoms with Gasteiger partial charge < -0.3 is 10.1 Å². The number of imide groups is 1. The molecule has 0 aliphatic carbocycles. The predicted molar refractivity (Wildman–Crippen MR) is 113 cm³/mol. The van der Waals surface area contributed by atoms with E-state index in [0.29, 0.717) is 11.4 Å². The number of benzene rings is 3. The van der Waals surface area contributed by atoms with Gasteiger partial charge in [-0.2, -0.15) is 0 Å². The van der Waals surface area contributed by atoms with Gasteiger partial charge >= 0.3 is 0 Å². The molecule has 0 spiro atoms. The number of para-hydroxylation sites is 1. The molecule has 3 aromatic carbocycles. The Labute approximate surface area is 169 Å². The molecule has 4 rings (SSSR count). The highest BCUT2D eigenvalue weighted by atomic mass is 16.5. The highest BCUT2D eigenvalue weighted by Crippen LogP contribution is 2.28. The van der Waals surface area contributed by atoms with E-state index in [2.05, 4.69) is 12.2 Å². The van der Waals surface area contributed by atoms with Crippen LogP contribution in [0.4, 0.5) is 11.4 Å². The van der Waals surface area contributed by atoms with Gasteiger partial charge in [-0.05, 0) is 60.5 Å². The molecule has 1 saturated heterocycles. The Morgan fingerprint density at radius 3 is 2.21 bits per heavy atom. The highest BCUT2D eigenvalue weighted by Gasteiger charge is 2.39. The van der Waals surface area contributed by atoms with Gasteiger partial charge in [-0.3, -0.25) is 9.59 Å². The molecule has 146 valence electrons. The number of hydrogen-bond acceptors (Lipinski definition) is 4. The summed E-state index contributed by atoms with van der Waals surface area (Å²) in [5.41, 5.74) is 2.61. The number of nitrogens with zero attached hydrogens (tertiary/aromatic N) is 1. The first kappa shape index (κ1) is 18.7. The molecule has 0 bridgehead atoms. The van der Waals surface area contributed by atoms with Crippen LogP contribution in [-0.2, 0) is 16.0 Å². The molecule has 5 heteroatoms. The number of hydrogen-bond donors (Lipinski definition) is 1. The molecule has 1 aliphatic heterocycles. The molecule has 2 amide bonds. The molecular formula is C24H22N2O3. The van der Waals surface area contributed by atoms with Gasteiger partial charge in [0.1, 0.15) is 17.5 Å². The van der Waals surface area contributed by atoms with Gasteiger partial charge in [0, 0.05) is 5.69 Å². The van der Waals surface area contributed by atoms with Gasteiger partial charge in [-0.15, -0.1) is 0 Å². The summed E-state index contributed by atoms with van der Waals surface area (Å²) in [4.78, 5) is 26.6. The van der Waals surface area contributed by atoms with Crippen molar-refractivity contribution in [3.63, 3.8) is 0 Å². The van der Waals surface area contributed by atoms with Gasteiger partial charge in [0.05, 0.1) is 12.1 Å². The van der Waals surface area contributed by atoms with Crippen molar-refractivity contribution in [2.75, 3.05) is 10.2 Å². The first-order chi connectivity index (χ1) is 14.1. The maximum atomic E-state index is 12.8. The average Bonchev–Trinajstić information content (AvgIpc) is 3.03. The molecule has 0 unspecified atom stereocenters. The van der Waals surface area contributed by atoms with Crippen LogP contribution >= 0.6 is 0 Å². The van der Waals surface area contributed by atoms with Crippen molar-refractivity contribution < 1.29 is 14.3 Å². The lowest BCUT2D eigenvalue weighted by Gasteiger charge is -2.17. The summed E-state index contributed by atoms with van der Waals surface area (Å²) >= 11 is 0. The molecular weight excluding hydrogens is 364 g/mol. The molecule has 29 heavy (non-hydrogen) atoms. The fourth-order valence-electron chi connectivity index (χ4n) is 3.34. The number of rotatable bonds is 6. The summed E-state index contributed by atoms with van der Waals surface area (Å²) < 4.78 is 5.77. The SMILES string of the molecule is CCc1ccc(N[C@@H]2CC(=O)N(c3ccc(Oc4ccccc4)cc3)C2=O)cc1. The van der Waals surface area contributed by atoms with Crippen LogP contribution in [0.5, 0.6) is 11.5 Å². The minimum absolute atomic E-state index is 0.136. The molecule has 0 saturated carbocycles. The molecule has 1 fully saturated rings. The second kappa shape index (κ2) is 8.19. The second-order valence-electron chi connectivity index (χ2n) is 6.93. The molecule has 1 aliphatic rings. The first-order valence-corrected chi connectivity index (χ1v) is 9.69. The molecule has 1 N–H and O–H groups in total. The Morgan fingerprint density at radius 1 is 0.897 bits per heavy atom. The third kappa shape index (κ3) is 4.14. The fraction of sp³-hybridized carbons (Fsp3) is 0.167. The number of carbonyl (C=O) groups is 2. The van der Waals surface area contributed by atoms with E-state index in [0.717, 1.165) is 17.9 Å². The van der Waals surface area contributed by atoms with E-state index in [4.69, 9.17) is 4.74 Å². The number of amides is 2. The van der Waals surface area contributed by atoms with Gasteiger partial charge in [0.2, 0.25) is 5.91 Å². The summed E-state index contributed by atoms with van der Waals surface area (Å²) in [6, 6.07) is 23.8. The number of nitrogens with one attached hydrogen (secondary N) is 1. The van der Waals surface area contributed by atoms with Crippen molar-refractivity contribution in [2.24, 2.45) is 0 Å². The Balaban J connectivity index is 1.45. The van der Waals surface area contributed by atoms with Crippen molar-refractivity contribution in [1.82, 2.24) is 0 Å². The Morgan fingerprint density at radius 2 is 1.55 bits per heavy atom. The summed E-state index contributed by atoms with van der Waals surface area (Å²) in [6.45, 7) is 2.09. The largest absolute Gasteiger partial charge is 0.457 e. The molecule has 1 atom stereocenters. The van der Waals surface area contributed by atoms with E-state index in [1.54, 1.807) is 24.3 Å². The third-order valence-electron chi connectivity index (χ3n) is 4.92. The van der Waals surface area contributed by atoms with Crippen LogP contribution in [0.1, 0.15) is 18.9 Å². The van der Waals surface area contributed by atoms with Crippen molar-refractivity contribution in [3.05, 3.63) is 84.4 Å². The summed E-state index contributed by atoms with van der Waals surface area (Å²) in [7, 11) is 0. The topological polar surface area (TPSA) is 58.6 Å². The molecule has 5 nitrogen and oxygen atoms in total. The Kier molecular flexibility index (Phi) is 5.29. The second-order valence-corrected chi connectivity index (χ2v) is 6.93. The predicted octanol–water partition coefficient (Wildman–Crippen LogP) is 4.79. The van der Waals surface area contributed by atoms with Crippen LogP contribution in [0.25, 0.3) is 0 Å². The highest BCUT2D eigenvalue weighted by molar-refractivity contribution is 6.23. The number of ether oxygens (including phenoxy) is 1. The smallest absolute Gasteiger partial charge is 0.256 e. The van der Waals surface area contributed by atoms with Crippen LogP contribution in [0.15, 0.2) is 78.9 Å². The lowest BCUT2D eigenvalue weighted by molar-refractivity contribution is -0.121. The minimum atomic E-state index is -0.560. The Hall–Kier alpha value is -3.60. The number of carbonyl (C=O) groups excluding carboxylic acids is 2. The molecule has 3 aromatic rings. The van der Waals surface area contributed by atoms with Crippen molar-refractivity contribution in [1.29, 1.82) is 0 Å². The van der Waals surface area contributed by atoms with Crippen LogP contribution in [0.3, 0.4) is 0 Å². The summed E-state index contributed by atoms with van der Waals surface area (Å²) in [5, 5.41) is 3.18. The maximum Gasteiger partial charge on any atom is 0.256 e. The summed E-state index contributed by atoms with van der Waals surface area (Å²) in [5.74, 6) is 0.914. The van der Waals surface area contributed by atoms with Crippen LogP contribution in [0.2, 0.25) is 0 Å². The minimum Gasteiger partial charge on any atom is -0.457 e. The standard InChI is InChI=1S/C24H22N2O3/c1-2-17-8-10-18(11-9-17)25-22-16-23(27)26(24(22)28)19-12-14-21(15-13-19)29-20-6-4-3-5-7-20/h3-15,22,25H,2,16H2,1H3/t22-/m1/s1. The van der Waals surface area contributed by atoms with Crippen LogP contribution in [-0.4, -0.2) is 17.9 Å². The van der Waals surface area contributed by atoms with E-state index in [-0.39, 0.29) is 18.2 Å². The fourth-order valence-corrected chi connectivity index (χ4v) is 3.34. The zero-order chi connectivity index (χ0) is 20.2. The third-order valence-corrected chi connectivity index (χ3v) is 4.92. The van der Waals surface area contributed by atoms with Gasteiger partial charge in [-0.25, -0.2) is 4.90 Å². The first-order valence-electron chi connectivity index (χ1n) is 9.69. The molecule has 0 radical (unpaired) electrons. The van der Waals surface area contributed by atoms with E-state index in [1.165, 1.54) is 10.5 Å². The molecule has 1 heterocycles.